The first-order chi connectivity index (χ1) is 9.58. The van der Waals surface area contributed by atoms with Crippen LogP contribution >= 0.6 is 15.9 Å². The van der Waals surface area contributed by atoms with Gasteiger partial charge in [0.2, 0.25) is 0 Å². The lowest BCUT2D eigenvalue weighted by Crippen LogP contribution is -2.36. The monoisotopic (exact) mass is 330 g/mol. The average molecular weight is 331 g/mol. The van der Waals surface area contributed by atoms with E-state index >= 15 is 0 Å². The summed E-state index contributed by atoms with van der Waals surface area (Å²) in [5, 5.41) is 0. The van der Waals surface area contributed by atoms with Gasteiger partial charge in [0, 0.05) is 21.9 Å². The van der Waals surface area contributed by atoms with E-state index in [9.17, 15) is 4.79 Å². The third-order valence-corrected chi connectivity index (χ3v) is 4.17. The molecule has 1 heterocycles. The molecular weight excluding hydrogens is 316 g/mol. The number of hydrogen-bond donors (Lipinski definition) is 1. The fraction of sp³-hybridized carbons (Fsp3) is 0.188. The number of nitrogen functional groups attached to an aromatic ring is 1. The number of para-hydroxylation sites is 1. The smallest absolute Gasteiger partial charge is 0.260 e. The number of hydrogen-bond acceptors (Lipinski definition) is 2. The molecule has 0 saturated carbocycles. The number of amides is 1. The fourth-order valence-corrected chi connectivity index (χ4v) is 3.08. The molecule has 0 bridgehead atoms. The largest absolute Gasteiger partial charge is 0.398 e. The first-order valence-electron chi connectivity index (χ1n) is 6.54. The molecule has 0 saturated heterocycles. The third-order valence-electron chi connectivity index (χ3n) is 3.67. The number of fused-ring (bicyclic) bond motifs is 1. The molecule has 1 unspecified atom stereocenters. The van der Waals surface area contributed by atoms with Crippen LogP contribution in [0.2, 0.25) is 0 Å². The summed E-state index contributed by atoms with van der Waals surface area (Å²) < 4.78 is 0.857. The van der Waals surface area contributed by atoms with Gasteiger partial charge in [-0.3, -0.25) is 4.79 Å². The molecule has 1 aliphatic rings. The molecule has 1 amide bonds. The quantitative estimate of drug-likeness (QED) is 0.811. The number of benzene rings is 2. The number of nitrogens with zero attached hydrogens (tertiary/aromatic N) is 1. The number of carbonyl (C=O) groups is 1. The van der Waals surface area contributed by atoms with Crippen LogP contribution in [0.4, 0.5) is 11.4 Å². The molecule has 2 N–H and O–H groups in total. The van der Waals surface area contributed by atoms with Gasteiger partial charge in [0.15, 0.2) is 0 Å². The lowest BCUT2D eigenvalue weighted by molar-refractivity contribution is 0.0982. The van der Waals surface area contributed by atoms with Gasteiger partial charge in [0.25, 0.3) is 5.91 Å². The Morgan fingerprint density at radius 3 is 2.85 bits per heavy atom. The second kappa shape index (κ2) is 4.94. The highest BCUT2D eigenvalue weighted by atomic mass is 79.9. The van der Waals surface area contributed by atoms with Gasteiger partial charge in [0.1, 0.15) is 0 Å². The van der Waals surface area contributed by atoms with Crippen LogP contribution in [0, 0.1) is 0 Å². The van der Waals surface area contributed by atoms with Crippen LogP contribution < -0.4 is 10.6 Å². The van der Waals surface area contributed by atoms with Crippen molar-refractivity contribution in [2.75, 3.05) is 10.6 Å². The molecule has 102 valence electrons. The van der Waals surface area contributed by atoms with E-state index in [1.807, 2.05) is 29.2 Å². The molecule has 1 aliphatic heterocycles. The second-order valence-corrected chi connectivity index (χ2v) is 6.00. The Kier molecular flexibility index (Phi) is 3.26. The van der Waals surface area contributed by atoms with E-state index in [0.717, 1.165) is 16.6 Å². The van der Waals surface area contributed by atoms with Crippen LogP contribution in [0.1, 0.15) is 22.8 Å². The normalized spacial score (nSPS) is 17.1. The summed E-state index contributed by atoms with van der Waals surface area (Å²) in [6, 6.07) is 13.6. The number of carbonyl (C=O) groups excluding carboxylic acids is 1. The van der Waals surface area contributed by atoms with Crippen molar-refractivity contribution in [3.05, 3.63) is 58.1 Å². The number of anilines is 2. The van der Waals surface area contributed by atoms with E-state index in [-0.39, 0.29) is 11.9 Å². The zero-order chi connectivity index (χ0) is 14.3. The van der Waals surface area contributed by atoms with E-state index in [1.54, 1.807) is 12.1 Å². The zero-order valence-electron chi connectivity index (χ0n) is 11.1. The van der Waals surface area contributed by atoms with E-state index < -0.39 is 0 Å². The summed E-state index contributed by atoms with van der Waals surface area (Å²) in [6.07, 6.45) is 0.885. The Hall–Kier alpha value is -1.81. The second-order valence-electron chi connectivity index (χ2n) is 5.09. The van der Waals surface area contributed by atoms with Gasteiger partial charge in [-0.05, 0) is 43.2 Å². The van der Waals surface area contributed by atoms with Crippen LogP contribution in [0.5, 0.6) is 0 Å². The molecule has 4 heteroatoms. The maximum absolute atomic E-state index is 12.8. The predicted octanol–water partition coefficient (Wildman–Crippen LogP) is 3.62. The van der Waals surface area contributed by atoms with Crippen molar-refractivity contribution in [2.24, 2.45) is 0 Å². The SMILES string of the molecule is CC1Cc2ccccc2N1C(=O)c1cc(Br)ccc1N. The van der Waals surface area contributed by atoms with Crippen molar-refractivity contribution in [1.29, 1.82) is 0 Å². The van der Waals surface area contributed by atoms with Crippen LogP contribution in [0.25, 0.3) is 0 Å². The molecule has 1 atom stereocenters. The highest BCUT2D eigenvalue weighted by Gasteiger charge is 2.31. The lowest BCUT2D eigenvalue weighted by atomic mass is 10.1. The summed E-state index contributed by atoms with van der Waals surface area (Å²) >= 11 is 3.39. The molecule has 3 nitrogen and oxygen atoms in total. The first-order valence-corrected chi connectivity index (χ1v) is 7.33. The summed E-state index contributed by atoms with van der Waals surface area (Å²) in [4.78, 5) is 14.7. The number of halogens is 1. The van der Waals surface area contributed by atoms with Crippen molar-refractivity contribution in [1.82, 2.24) is 0 Å². The van der Waals surface area contributed by atoms with Gasteiger partial charge in [-0.25, -0.2) is 0 Å². The van der Waals surface area contributed by atoms with Crippen molar-refractivity contribution in [3.63, 3.8) is 0 Å². The molecule has 2 aromatic carbocycles. The Morgan fingerprint density at radius 1 is 1.30 bits per heavy atom. The molecule has 0 aliphatic carbocycles. The Balaban J connectivity index is 2.05. The third kappa shape index (κ3) is 2.10. The van der Waals surface area contributed by atoms with E-state index in [2.05, 4.69) is 28.9 Å². The van der Waals surface area contributed by atoms with Gasteiger partial charge in [-0.1, -0.05) is 34.1 Å². The Bertz CT molecular complexity index is 684. The average Bonchev–Trinajstić information content (AvgIpc) is 2.76. The molecule has 0 spiro atoms. The predicted molar refractivity (Wildman–Crippen MR) is 85.0 cm³/mol. The lowest BCUT2D eigenvalue weighted by Gasteiger charge is -2.23. The van der Waals surface area contributed by atoms with E-state index in [4.69, 9.17) is 5.73 Å². The van der Waals surface area contributed by atoms with Crippen LogP contribution in [0.15, 0.2) is 46.9 Å². The van der Waals surface area contributed by atoms with Gasteiger partial charge in [0.05, 0.1) is 5.56 Å². The molecule has 2 aromatic rings. The minimum absolute atomic E-state index is 0.0405. The standard InChI is InChI=1S/C16H15BrN2O/c1-10-8-11-4-2-3-5-15(11)19(10)16(20)13-9-12(17)6-7-14(13)18/h2-7,9-10H,8,18H2,1H3. The summed E-state index contributed by atoms with van der Waals surface area (Å²) in [5.41, 5.74) is 9.21. The first kappa shape index (κ1) is 13.2. The van der Waals surface area contributed by atoms with Gasteiger partial charge in [-0.2, -0.15) is 0 Å². The van der Waals surface area contributed by atoms with Crippen molar-refractivity contribution in [2.45, 2.75) is 19.4 Å². The highest BCUT2D eigenvalue weighted by molar-refractivity contribution is 9.10. The molecular formula is C16H15BrN2O. The topological polar surface area (TPSA) is 46.3 Å². The molecule has 0 fully saturated rings. The maximum Gasteiger partial charge on any atom is 0.260 e. The zero-order valence-corrected chi connectivity index (χ0v) is 12.7. The number of rotatable bonds is 1. The number of nitrogens with two attached hydrogens (primary N) is 1. The van der Waals surface area contributed by atoms with E-state index in [0.29, 0.717) is 11.3 Å². The van der Waals surface area contributed by atoms with Crippen molar-refractivity contribution in [3.8, 4) is 0 Å². The molecule has 20 heavy (non-hydrogen) atoms. The summed E-state index contributed by atoms with van der Waals surface area (Å²) in [7, 11) is 0. The van der Waals surface area contributed by atoms with Crippen LogP contribution in [0.3, 0.4) is 0 Å². The Labute approximate surface area is 126 Å². The summed E-state index contributed by atoms with van der Waals surface area (Å²) in [5.74, 6) is -0.0405. The van der Waals surface area contributed by atoms with E-state index in [1.165, 1.54) is 5.56 Å². The maximum atomic E-state index is 12.8. The molecule has 3 rings (SSSR count). The van der Waals surface area contributed by atoms with Gasteiger partial charge < -0.3 is 10.6 Å². The van der Waals surface area contributed by atoms with Gasteiger partial charge >= 0.3 is 0 Å². The fourth-order valence-electron chi connectivity index (χ4n) is 2.72. The highest BCUT2D eigenvalue weighted by Crippen LogP contribution is 2.34. The minimum Gasteiger partial charge on any atom is -0.398 e. The van der Waals surface area contributed by atoms with Crippen LogP contribution in [-0.2, 0) is 6.42 Å². The molecule has 0 aromatic heterocycles. The minimum atomic E-state index is -0.0405. The van der Waals surface area contributed by atoms with Crippen LogP contribution in [-0.4, -0.2) is 11.9 Å². The Morgan fingerprint density at radius 2 is 2.05 bits per heavy atom. The molecule has 0 radical (unpaired) electrons. The van der Waals surface area contributed by atoms with Crippen molar-refractivity contribution < 1.29 is 4.79 Å². The van der Waals surface area contributed by atoms with Crippen molar-refractivity contribution >= 4 is 33.2 Å². The van der Waals surface area contributed by atoms with Gasteiger partial charge in [-0.15, -0.1) is 0 Å². The summed E-state index contributed by atoms with van der Waals surface area (Å²) in [6.45, 7) is 2.06.